The van der Waals surface area contributed by atoms with Gasteiger partial charge in [0.15, 0.2) is 0 Å². The zero-order chi connectivity index (χ0) is 21.6. The third-order valence-corrected chi connectivity index (χ3v) is 6.84. The van der Waals surface area contributed by atoms with E-state index in [9.17, 15) is 10.1 Å². The van der Waals surface area contributed by atoms with Crippen LogP contribution in [0, 0.1) is 23.7 Å². The van der Waals surface area contributed by atoms with Gasteiger partial charge in [0.2, 0.25) is 0 Å². The molecular weight excluding hydrogens is 388 g/mol. The Bertz CT molecular complexity index is 1210. The SMILES string of the molecule is Cc1ccccc1N1C[C@@]2(CCC[C@](C)(Cn3cnc4ccc(C#N)cc43)C2)OC1=O. The molecule has 2 aliphatic rings. The molecule has 5 rings (SSSR count). The first kappa shape index (κ1) is 19.6. The molecule has 1 spiro atoms. The molecule has 2 fully saturated rings. The normalized spacial score (nSPS) is 25.7. The fourth-order valence-electron chi connectivity index (χ4n) is 5.49. The lowest BCUT2D eigenvalue weighted by molar-refractivity contribution is -0.0264. The Morgan fingerprint density at radius 2 is 2.06 bits per heavy atom. The number of fused-ring (bicyclic) bond motifs is 1. The monoisotopic (exact) mass is 414 g/mol. The number of rotatable bonds is 3. The summed E-state index contributed by atoms with van der Waals surface area (Å²) in [5.74, 6) is 0. The number of anilines is 1. The van der Waals surface area contributed by atoms with Crippen molar-refractivity contribution in [3.05, 3.63) is 59.9 Å². The van der Waals surface area contributed by atoms with Crippen molar-refractivity contribution in [1.82, 2.24) is 9.55 Å². The predicted octanol–water partition coefficient (Wildman–Crippen LogP) is 5.19. The number of nitriles is 1. The number of carbonyl (C=O) groups is 1. The highest BCUT2D eigenvalue weighted by atomic mass is 16.6. The number of imidazole rings is 1. The third kappa shape index (κ3) is 3.44. The lowest BCUT2D eigenvalue weighted by atomic mass is 9.68. The second-order valence-corrected chi connectivity index (χ2v) is 9.45. The molecule has 1 aliphatic carbocycles. The average Bonchev–Trinajstić information content (AvgIpc) is 3.27. The van der Waals surface area contributed by atoms with Gasteiger partial charge in [-0.15, -0.1) is 0 Å². The van der Waals surface area contributed by atoms with Crippen molar-refractivity contribution < 1.29 is 9.53 Å². The number of aromatic nitrogens is 2. The van der Waals surface area contributed by atoms with Gasteiger partial charge < -0.3 is 9.30 Å². The summed E-state index contributed by atoms with van der Waals surface area (Å²) in [5.41, 5.74) is 4.03. The van der Waals surface area contributed by atoms with Crippen molar-refractivity contribution >= 4 is 22.8 Å². The van der Waals surface area contributed by atoms with E-state index in [0.29, 0.717) is 12.1 Å². The van der Waals surface area contributed by atoms with Crippen molar-refractivity contribution in [1.29, 1.82) is 5.26 Å². The average molecular weight is 415 g/mol. The first-order chi connectivity index (χ1) is 14.9. The molecule has 1 amide bonds. The van der Waals surface area contributed by atoms with Crippen LogP contribution in [0.3, 0.4) is 0 Å². The maximum Gasteiger partial charge on any atom is 0.415 e. The Labute approximate surface area is 182 Å². The van der Waals surface area contributed by atoms with E-state index < -0.39 is 5.60 Å². The molecule has 2 heterocycles. The van der Waals surface area contributed by atoms with Gasteiger partial charge in [-0.2, -0.15) is 5.26 Å². The lowest BCUT2D eigenvalue weighted by Crippen LogP contribution is -2.45. The molecule has 1 saturated carbocycles. The molecule has 2 aromatic carbocycles. The minimum atomic E-state index is -0.458. The minimum absolute atomic E-state index is 0.0312. The van der Waals surface area contributed by atoms with Crippen LogP contribution in [0.25, 0.3) is 11.0 Å². The fourth-order valence-corrected chi connectivity index (χ4v) is 5.49. The van der Waals surface area contributed by atoms with Gasteiger partial charge in [-0.25, -0.2) is 9.78 Å². The van der Waals surface area contributed by atoms with Crippen LogP contribution >= 0.6 is 0 Å². The van der Waals surface area contributed by atoms with Gasteiger partial charge in [0, 0.05) is 6.54 Å². The quantitative estimate of drug-likeness (QED) is 0.591. The number of nitrogens with zero attached hydrogens (tertiary/aromatic N) is 4. The van der Waals surface area contributed by atoms with Crippen LogP contribution in [-0.2, 0) is 11.3 Å². The first-order valence-electron chi connectivity index (χ1n) is 10.8. The third-order valence-electron chi connectivity index (χ3n) is 6.84. The van der Waals surface area contributed by atoms with E-state index in [1.807, 2.05) is 49.6 Å². The molecule has 6 heteroatoms. The maximum atomic E-state index is 12.8. The van der Waals surface area contributed by atoms with Gasteiger partial charge in [0.25, 0.3) is 0 Å². The second kappa shape index (κ2) is 7.12. The van der Waals surface area contributed by atoms with E-state index in [-0.39, 0.29) is 11.5 Å². The van der Waals surface area contributed by atoms with Gasteiger partial charge in [0.1, 0.15) is 5.60 Å². The summed E-state index contributed by atoms with van der Waals surface area (Å²) in [6, 6.07) is 15.8. The van der Waals surface area contributed by atoms with Crippen LogP contribution in [0.15, 0.2) is 48.8 Å². The van der Waals surface area contributed by atoms with Gasteiger partial charge in [-0.1, -0.05) is 25.1 Å². The topological polar surface area (TPSA) is 71.2 Å². The molecule has 0 radical (unpaired) electrons. The number of hydrogen-bond donors (Lipinski definition) is 0. The highest BCUT2D eigenvalue weighted by molar-refractivity contribution is 5.91. The molecule has 31 heavy (non-hydrogen) atoms. The summed E-state index contributed by atoms with van der Waals surface area (Å²) < 4.78 is 8.21. The van der Waals surface area contributed by atoms with Crippen molar-refractivity contribution in [3.63, 3.8) is 0 Å². The molecular formula is C25H26N4O2. The lowest BCUT2D eigenvalue weighted by Gasteiger charge is -2.43. The summed E-state index contributed by atoms with van der Waals surface area (Å²) in [4.78, 5) is 19.1. The molecule has 0 bridgehead atoms. The molecule has 3 aromatic rings. The second-order valence-electron chi connectivity index (χ2n) is 9.45. The Balaban J connectivity index is 1.41. The Kier molecular flexibility index (Phi) is 4.51. The molecule has 6 nitrogen and oxygen atoms in total. The van der Waals surface area contributed by atoms with E-state index >= 15 is 0 Å². The van der Waals surface area contributed by atoms with Crippen LogP contribution in [0.4, 0.5) is 10.5 Å². The van der Waals surface area contributed by atoms with Crippen molar-refractivity contribution in [2.75, 3.05) is 11.4 Å². The highest BCUT2D eigenvalue weighted by Crippen LogP contribution is 2.48. The molecule has 0 N–H and O–H groups in total. The van der Waals surface area contributed by atoms with E-state index in [4.69, 9.17) is 4.74 Å². The summed E-state index contributed by atoms with van der Waals surface area (Å²) in [7, 11) is 0. The molecule has 1 aliphatic heterocycles. The fraction of sp³-hybridized carbons (Fsp3) is 0.400. The van der Waals surface area contributed by atoms with Crippen LogP contribution in [0.5, 0.6) is 0 Å². The number of para-hydroxylation sites is 1. The van der Waals surface area contributed by atoms with Gasteiger partial charge >= 0.3 is 6.09 Å². The van der Waals surface area contributed by atoms with Gasteiger partial charge in [-0.3, -0.25) is 4.90 Å². The molecule has 0 unspecified atom stereocenters. The molecule has 1 aromatic heterocycles. The Morgan fingerprint density at radius 3 is 2.87 bits per heavy atom. The van der Waals surface area contributed by atoms with Crippen LogP contribution in [-0.4, -0.2) is 27.8 Å². The number of ether oxygens (including phenoxy) is 1. The maximum absolute atomic E-state index is 12.8. The summed E-state index contributed by atoms with van der Waals surface area (Å²) in [6.07, 6.45) is 5.39. The largest absolute Gasteiger partial charge is 0.441 e. The smallest absolute Gasteiger partial charge is 0.415 e. The molecule has 158 valence electrons. The Hall–Kier alpha value is -3.33. The van der Waals surface area contributed by atoms with Crippen molar-refractivity contribution in [2.24, 2.45) is 5.41 Å². The number of aryl methyl sites for hydroxylation is 1. The highest BCUT2D eigenvalue weighted by Gasteiger charge is 2.51. The van der Waals surface area contributed by atoms with Crippen LogP contribution in [0.1, 0.15) is 43.7 Å². The van der Waals surface area contributed by atoms with Crippen LogP contribution in [0.2, 0.25) is 0 Å². The zero-order valence-electron chi connectivity index (χ0n) is 18.0. The van der Waals surface area contributed by atoms with E-state index in [0.717, 1.165) is 54.5 Å². The van der Waals surface area contributed by atoms with E-state index in [1.165, 1.54) is 0 Å². The van der Waals surface area contributed by atoms with Crippen molar-refractivity contribution in [2.45, 2.75) is 51.7 Å². The van der Waals surface area contributed by atoms with Gasteiger partial charge in [-0.05, 0) is 67.9 Å². The summed E-state index contributed by atoms with van der Waals surface area (Å²) in [5, 5.41) is 9.27. The van der Waals surface area contributed by atoms with Crippen molar-refractivity contribution in [3.8, 4) is 6.07 Å². The Morgan fingerprint density at radius 1 is 1.23 bits per heavy atom. The number of amides is 1. The summed E-state index contributed by atoms with van der Waals surface area (Å²) in [6.45, 7) is 5.67. The minimum Gasteiger partial charge on any atom is -0.441 e. The molecule has 1 saturated heterocycles. The number of carbonyl (C=O) groups excluding carboxylic acids is 1. The standard InChI is InChI=1S/C25H26N4O2/c1-18-6-3-4-7-21(18)29-16-25(31-23(29)30)11-5-10-24(2,14-25)15-28-17-27-20-9-8-19(13-26)12-22(20)28/h3-4,6-9,12,17H,5,10-11,14-16H2,1-2H3/t24-,25-/m0/s1. The van der Waals surface area contributed by atoms with E-state index in [1.54, 1.807) is 11.0 Å². The van der Waals surface area contributed by atoms with Gasteiger partial charge in [0.05, 0.1) is 41.2 Å². The molecule has 2 atom stereocenters. The predicted molar refractivity (Wildman–Crippen MR) is 119 cm³/mol. The van der Waals surface area contributed by atoms with E-state index in [2.05, 4.69) is 22.5 Å². The van der Waals surface area contributed by atoms with Crippen LogP contribution < -0.4 is 4.90 Å². The number of hydrogen-bond acceptors (Lipinski definition) is 4. The number of benzene rings is 2. The first-order valence-corrected chi connectivity index (χ1v) is 10.8. The zero-order valence-corrected chi connectivity index (χ0v) is 18.0. The summed E-state index contributed by atoms with van der Waals surface area (Å²) >= 11 is 0.